The highest BCUT2D eigenvalue weighted by molar-refractivity contribution is 7.92. The van der Waals surface area contributed by atoms with Gasteiger partial charge in [0.1, 0.15) is 23.6 Å². The molecule has 4 N–H and O–H groups in total. The second-order valence-electron chi connectivity index (χ2n) is 6.24. The first kappa shape index (κ1) is 20.6. The fraction of sp³-hybridized carbons (Fsp3) is 0. The maximum absolute atomic E-state index is 14.9. The average Bonchev–Trinajstić information content (AvgIpc) is 3.19. The molecule has 0 aliphatic heterocycles. The van der Waals surface area contributed by atoms with E-state index in [9.17, 15) is 22.0 Å². The number of benzene rings is 2. The molecule has 0 fully saturated rings. The van der Waals surface area contributed by atoms with E-state index in [-0.39, 0.29) is 21.8 Å². The molecule has 1 amide bonds. The molecule has 31 heavy (non-hydrogen) atoms. The molecule has 4 rings (SSSR count). The minimum Gasteiger partial charge on any atom is -0.382 e. The first-order chi connectivity index (χ1) is 14.8. The highest BCUT2D eigenvalue weighted by Gasteiger charge is 2.23. The van der Waals surface area contributed by atoms with Gasteiger partial charge in [-0.25, -0.2) is 27.2 Å². The number of carbonyl (C=O) groups excluding carboxylic acids is 1. The first-order valence-electron chi connectivity index (χ1n) is 8.63. The van der Waals surface area contributed by atoms with Crippen LogP contribution in [-0.4, -0.2) is 24.3 Å². The Morgan fingerprint density at radius 3 is 2.55 bits per heavy atom. The van der Waals surface area contributed by atoms with Crippen LogP contribution in [0.3, 0.4) is 0 Å². The van der Waals surface area contributed by atoms with Gasteiger partial charge in [-0.05, 0) is 24.3 Å². The number of fused-ring (bicyclic) bond motifs is 1. The van der Waals surface area contributed by atoms with E-state index in [1.807, 2.05) is 0 Å². The predicted octanol–water partition coefficient (Wildman–Crippen LogP) is 3.60. The van der Waals surface area contributed by atoms with Gasteiger partial charge in [-0.15, -0.1) is 11.3 Å². The van der Waals surface area contributed by atoms with Crippen molar-refractivity contribution in [3.8, 4) is 0 Å². The van der Waals surface area contributed by atoms with Gasteiger partial charge >= 0.3 is 0 Å². The molecule has 0 spiro atoms. The number of carbonyl (C=O) groups is 1. The molecule has 0 saturated heterocycles. The van der Waals surface area contributed by atoms with Gasteiger partial charge in [0.15, 0.2) is 5.82 Å². The Hall–Kier alpha value is -3.64. The summed E-state index contributed by atoms with van der Waals surface area (Å²) in [5, 5.41) is 3.57. The van der Waals surface area contributed by atoms with Crippen LogP contribution in [0.4, 0.5) is 26.0 Å². The Kier molecular flexibility index (Phi) is 5.25. The van der Waals surface area contributed by atoms with E-state index >= 15 is 0 Å². The second kappa shape index (κ2) is 7.89. The lowest BCUT2D eigenvalue weighted by atomic mass is 10.2. The largest absolute Gasteiger partial charge is 0.382 e. The maximum atomic E-state index is 14.9. The molecule has 0 unspecified atom stereocenters. The number of rotatable bonds is 5. The van der Waals surface area contributed by atoms with Crippen molar-refractivity contribution in [3.05, 3.63) is 71.4 Å². The highest BCUT2D eigenvalue weighted by atomic mass is 32.2. The molecule has 0 aliphatic carbocycles. The average molecular weight is 461 g/mol. The van der Waals surface area contributed by atoms with Crippen molar-refractivity contribution in [2.24, 2.45) is 0 Å². The normalized spacial score (nSPS) is 11.4. The summed E-state index contributed by atoms with van der Waals surface area (Å²) in [6.45, 7) is 0. The summed E-state index contributed by atoms with van der Waals surface area (Å²) in [6.07, 6.45) is 1.17. The second-order valence-corrected chi connectivity index (χ2v) is 8.80. The molecule has 0 bridgehead atoms. The number of anilines is 3. The summed E-state index contributed by atoms with van der Waals surface area (Å²) < 4.78 is 56.6. The van der Waals surface area contributed by atoms with Crippen molar-refractivity contribution in [1.82, 2.24) is 9.97 Å². The molecule has 2 heterocycles. The van der Waals surface area contributed by atoms with Crippen LogP contribution >= 0.6 is 11.3 Å². The standard InChI is InChI=1S/C19H13F2N5O3S2/c20-12-6-7-13(26-31(28,29)10-4-2-1-3-5-10)14(21)16(12)25-19(27)11-8-30-17-15(11)23-9-24-18(17)22/h1-9,26H,(H,25,27)(H2,22,23,24). The summed E-state index contributed by atoms with van der Waals surface area (Å²) in [5.74, 6) is -3.03. The van der Waals surface area contributed by atoms with E-state index in [2.05, 4.69) is 20.0 Å². The van der Waals surface area contributed by atoms with Crippen molar-refractivity contribution in [1.29, 1.82) is 0 Å². The Balaban J connectivity index is 1.66. The van der Waals surface area contributed by atoms with Crippen molar-refractivity contribution >= 4 is 54.7 Å². The Morgan fingerprint density at radius 1 is 1.06 bits per heavy atom. The van der Waals surface area contributed by atoms with Gasteiger partial charge in [-0.2, -0.15) is 0 Å². The molecule has 2 aromatic heterocycles. The Bertz CT molecular complexity index is 1410. The molecule has 0 radical (unpaired) electrons. The summed E-state index contributed by atoms with van der Waals surface area (Å²) >= 11 is 1.11. The molecule has 0 aliphatic rings. The number of nitrogen functional groups attached to an aromatic ring is 1. The molecule has 4 aromatic rings. The summed E-state index contributed by atoms with van der Waals surface area (Å²) in [5.41, 5.74) is 4.69. The number of sulfonamides is 1. The maximum Gasteiger partial charge on any atom is 0.261 e. The SMILES string of the molecule is Nc1ncnc2c(C(=O)Nc3c(F)ccc(NS(=O)(=O)c4ccccc4)c3F)csc12. The molecule has 8 nitrogen and oxygen atoms in total. The zero-order chi connectivity index (χ0) is 22.2. The van der Waals surface area contributed by atoms with Crippen LogP contribution in [0.5, 0.6) is 0 Å². The molecule has 12 heteroatoms. The van der Waals surface area contributed by atoms with Gasteiger partial charge in [0.25, 0.3) is 15.9 Å². The zero-order valence-corrected chi connectivity index (χ0v) is 17.1. The molecule has 158 valence electrons. The third-order valence-corrected chi connectivity index (χ3v) is 6.63. The monoisotopic (exact) mass is 461 g/mol. The first-order valence-corrected chi connectivity index (χ1v) is 11.0. The van der Waals surface area contributed by atoms with Crippen LogP contribution < -0.4 is 15.8 Å². The number of amides is 1. The van der Waals surface area contributed by atoms with Crippen LogP contribution in [0.25, 0.3) is 10.2 Å². The minimum atomic E-state index is -4.13. The van der Waals surface area contributed by atoms with Crippen LogP contribution in [0.1, 0.15) is 10.4 Å². The quantitative estimate of drug-likeness (QED) is 0.417. The number of nitrogens with zero attached hydrogens (tertiary/aromatic N) is 2. The van der Waals surface area contributed by atoms with E-state index in [4.69, 9.17) is 5.73 Å². The molecular weight excluding hydrogens is 448 g/mol. The third kappa shape index (κ3) is 3.90. The lowest BCUT2D eigenvalue weighted by Crippen LogP contribution is -2.17. The fourth-order valence-electron chi connectivity index (χ4n) is 2.76. The van der Waals surface area contributed by atoms with Crippen molar-refractivity contribution in [2.45, 2.75) is 4.90 Å². The molecular formula is C19H13F2N5O3S2. The number of nitrogens with two attached hydrogens (primary N) is 1. The van der Waals surface area contributed by atoms with Gasteiger partial charge in [0.05, 0.1) is 26.4 Å². The number of nitrogens with one attached hydrogen (secondary N) is 2. The molecule has 0 atom stereocenters. The Morgan fingerprint density at radius 2 is 1.81 bits per heavy atom. The van der Waals surface area contributed by atoms with Gasteiger partial charge in [0, 0.05) is 5.38 Å². The van der Waals surface area contributed by atoms with E-state index < -0.39 is 38.9 Å². The summed E-state index contributed by atoms with van der Waals surface area (Å²) in [7, 11) is -4.13. The third-order valence-electron chi connectivity index (χ3n) is 4.25. The highest BCUT2D eigenvalue weighted by Crippen LogP contribution is 2.31. The van der Waals surface area contributed by atoms with Crippen molar-refractivity contribution in [3.63, 3.8) is 0 Å². The molecule has 0 saturated carbocycles. The topological polar surface area (TPSA) is 127 Å². The van der Waals surface area contributed by atoms with E-state index in [0.29, 0.717) is 4.70 Å². The van der Waals surface area contributed by atoms with Crippen LogP contribution in [0.2, 0.25) is 0 Å². The number of thiophene rings is 1. The van der Waals surface area contributed by atoms with E-state index in [1.165, 1.54) is 36.0 Å². The van der Waals surface area contributed by atoms with Crippen LogP contribution in [0.15, 0.2) is 59.1 Å². The van der Waals surface area contributed by atoms with Crippen molar-refractivity contribution < 1.29 is 22.0 Å². The van der Waals surface area contributed by atoms with Gasteiger partial charge in [-0.3, -0.25) is 9.52 Å². The van der Waals surface area contributed by atoms with Crippen LogP contribution in [-0.2, 0) is 10.0 Å². The number of hydrogen-bond acceptors (Lipinski definition) is 7. The Labute approximate surface area is 178 Å². The summed E-state index contributed by atoms with van der Waals surface area (Å²) in [6, 6.07) is 9.04. The lowest BCUT2D eigenvalue weighted by Gasteiger charge is -2.13. The van der Waals surface area contributed by atoms with Crippen molar-refractivity contribution in [2.75, 3.05) is 15.8 Å². The smallest absolute Gasteiger partial charge is 0.261 e. The predicted molar refractivity (Wildman–Crippen MR) is 113 cm³/mol. The van der Waals surface area contributed by atoms with E-state index in [1.54, 1.807) is 6.07 Å². The minimum absolute atomic E-state index is 0.0446. The fourth-order valence-corrected chi connectivity index (χ4v) is 4.74. The van der Waals surface area contributed by atoms with Gasteiger partial charge in [-0.1, -0.05) is 18.2 Å². The lowest BCUT2D eigenvalue weighted by molar-refractivity contribution is 0.102. The van der Waals surface area contributed by atoms with Crippen LogP contribution in [0, 0.1) is 11.6 Å². The number of aromatic nitrogens is 2. The summed E-state index contributed by atoms with van der Waals surface area (Å²) in [4.78, 5) is 20.4. The number of hydrogen-bond donors (Lipinski definition) is 3. The van der Waals surface area contributed by atoms with Gasteiger partial charge < -0.3 is 11.1 Å². The molecule has 2 aromatic carbocycles. The zero-order valence-electron chi connectivity index (χ0n) is 15.5. The van der Waals surface area contributed by atoms with Gasteiger partial charge in [0.2, 0.25) is 0 Å². The van der Waals surface area contributed by atoms with E-state index in [0.717, 1.165) is 23.5 Å². The number of halogens is 2.